The lowest BCUT2D eigenvalue weighted by atomic mass is 10.1. The molecule has 0 aliphatic heterocycles. The summed E-state index contributed by atoms with van der Waals surface area (Å²) in [7, 11) is 0. The van der Waals surface area contributed by atoms with Crippen LogP contribution in [0.5, 0.6) is 5.75 Å². The van der Waals surface area contributed by atoms with Crippen LogP contribution in [-0.4, -0.2) is 20.8 Å². The van der Waals surface area contributed by atoms with E-state index in [1.165, 1.54) is 12.1 Å². The maximum absolute atomic E-state index is 12.4. The molecular formula is C18H20NO4S-. The van der Waals surface area contributed by atoms with E-state index in [4.69, 9.17) is 4.74 Å². The lowest BCUT2D eigenvalue weighted by molar-refractivity contribution is -0.122. The number of rotatable bonds is 6. The molecule has 128 valence electrons. The number of amides is 1. The SMILES string of the molecule is CCC(Oc1ccc(C)cc1C)C(=O)Nc1ccc(S(=O)[O-])cc1. The maximum atomic E-state index is 12.4. The van der Waals surface area contributed by atoms with Crippen molar-refractivity contribution in [2.75, 3.05) is 5.32 Å². The normalized spacial score (nSPS) is 13.2. The van der Waals surface area contributed by atoms with E-state index >= 15 is 0 Å². The average Bonchev–Trinajstić information content (AvgIpc) is 2.54. The maximum Gasteiger partial charge on any atom is 0.265 e. The van der Waals surface area contributed by atoms with Crippen molar-refractivity contribution in [3.63, 3.8) is 0 Å². The molecule has 2 atom stereocenters. The second-order valence-electron chi connectivity index (χ2n) is 5.53. The molecule has 0 aromatic heterocycles. The van der Waals surface area contributed by atoms with Crippen molar-refractivity contribution in [2.24, 2.45) is 0 Å². The zero-order chi connectivity index (χ0) is 17.7. The highest BCUT2D eigenvalue weighted by Gasteiger charge is 2.19. The van der Waals surface area contributed by atoms with Gasteiger partial charge >= 0.3 is 0 Å². The van der Waals surface area contributed by atoms with Gasteiger partial charge < -0.3 is 14.6 Å². The molecule has 2 aromatic carbocycles. The highest BCUT2D eigenvalue weighted by Crippen LogP contribution is 2.21. The standard InChI is InChI=1S/C18H21NO4S/c1-4-16(23-17-10-5-12(2)11-13(17)3)18(20)19-14-6-8-15(9-7-14)24(21)22/h5-11,16H,4H2,1-3H3,(H,19,20)(H,21,22)/p-1. The van der Waals surface area contributed by atoms with Crippen molar-refractivity contribution in [1.29, 1.82) is 0 Å². The number of benzene rings is 2. The van der Waals surface area contributed by atoms with Crippen molar-refractivity contribution >= 4 is 22.7 Å². The fourth-order valence-electron chi connectivity index (χ4n) is 2.28. The number of nitrogens with one attached hydrogen (secondary N) is 1. The highest BCUT2D eigenvalue weighted by atomic mass is 32.2. The number of anilines is 1. The topological polar surface area (TPSA) is 78.5 Å². The van der Waals surface area contributed by atoms with Gasteiger partial charge in [-0.05, 0) is 67.2 Å². The predicted molar refractivity (Wildman–Crippen MR) is 92.9 cm³/mol. The smallest absolute Gasteiger partial charge is 0.265 e. The van der Waals surface area contributed by atoms with Crippen molar-refractivity contribution < 1.29 is 18.3 Å². The Balaban J connectivity index is 2.06. The van der Waals surface area contributed by atoms with E-state index < -0.39 is 17.2 Å². The third-order valence-electron chi connectivity index (χ3n) is 3.58. The molecule has 0 saturated carbocycles. The lowest BCUT2D eigenvalue weighted by Gasteiger charge is -2.19. The Labute approximate surface area is 144 Å². The van der Waals surface area contributed by atoms with Crippen LogP contribution in [-0.2, 0) is 15.9 Å². The summed E-state index contributed by atoms with van der Waals surface area (Å²) in [6.07, 6.45) is -0.110. The zero-order valence-corrected chi connectivity index (χ0v) is 14.7. The molecule has 6 heteroatoms. The van der Waals surface area contributed by atoms with E-state index in [0.29, 0.717) is 17.9 Å². The molecule has 1 N–H and O–H groups in total. The summed E-state index contributed by atoms with van der Waals surface area (Å²) in [6, 6.07) is 11.8. The van der Waals surface area contributed by atoms with E-state index in [1.807, 2.05) is 39.0 Å². The first-order valence-corrected chi connectivity index (χ1v) is 8.72. The summed E-state index contributed by atoms with van der Waals surface area (Å²) < 4.78 is 27.5. The largest absolute Gasteiger partial charge is 0.768 e. The third-order valence-corrected chi connectivity index (χ3v) is 4.23. The molecule has 0 bridgehead atoms. The summed E-state index contributed by atoms with van der Waals surface area (Å²) in [4.78, 5) is 12.6. The van der Waals surface area contributed by atoms with Gasteiger partial charge in [0, 0.05) is 10.6 Å². The van der Waals surface area contributed by atoms with Gasteiger partial charge in [0.2, 0.25) is 0 Å². The molecule has 1 amide bonds. The van der Waals surface area contributed by atoms with Crippen LogP contribution >= 0.6 is 0 Å². The molecule has 5 nitrogen and oxygen atoms in total. The second-order valence-corrected chi connectivity index (χ2v) is 6.47. The van der Waals surface area contributed by atoms with Gasteiger partial charge in [-0.1, -0.05) is 24.6 Å². The Kier molecular flexibility index (Phi) is 6.11. The van der Waals surface area contributed by atoms with Crippen molar-refractivity contribution in [3.05, 3.63) is 53.6 Å². The van der Waals surface area contributed by atoms with E-state index in [0.717, 1.165) is 11.1 Å². The minimum absolute atomic E-state index is 0.173. The van der Waals surface area contributed by atoms with Crippen LogP contribution in [0, 0.1) is 13.8 Å². The second kappa shape index (κ2) is 8.08. The molecule has 0 saturated heterocycles. The summed E-state index contributed by atoms with van der Waals surface area (Å²) in [5.41, 5.74) is 2.63. The number of hydrogen-bond acceptors (Lipinski definition) is 4. The predicted octanol–water partition coefficient (Wildman–Crippen LogP) is 3.34. The average molecular weight is 346 g/mol. The molecule has 0 aliphatic carbocycles. The van der Waals surface area contributed by atoms with E-state index in [-0.39, 0.29) is 10.8 Å². The first-order chi connectivity index (χ1) is 11.4. The van der Waals surface area contributed by atoms with Crippen LogP contribution in [0.4, 0.5) is 5.69 Å². The molecular weight excluding hydrogens is 326 g/mol. The minimum Gasteiger partial charge on any atom is -0.768 e. The molecule has 0 aliphatic rings. The van der Waals surface area contributed by atoms with Crippen LogP contribution in [0.2, 0.25) is 0 Å². The molecule has 0 radical (unpaired) electrons. The van der Waals surface area contributed by atoms with Gasteiger partial charge in [0.25, 0.3) is 5.91 Å². The minimum atomic E-state index is -2.28. The van der Waals surface area contributed by atoms with Gasteiger partial charge in [0.1, 0.15) is 5.75 Å². The fourth-order valence-corrected chi connectivity index (χ4v) is 2.64. The number of aryl methyl sites for hydroxylation is 2. The molecule has 0 fully saturated rings. The molecule has 24 heavy (non-hydrogen) atoms. The number of hydrogen-bond donors (Lipinski definition) is 1. The Hall–Kier alpha value is -2.18. The first kappa shape index (κ1) is 18.2. The van der Waals surface area contributed by atoms with Crippen molar-refractivity contribution in [2.45, 2.75) is 38.2 Å². The molecule has 2 aromatic rings. The molecule has 2 unspecified atom stereocenters. The van der Waals surface area contributed by atoms with Gasteiger partial charge in [-0.15, -0.1) is 0 Å². The summed E-state index contributed by atoms with van der Waals surface area (Å²) in [5, 5.41) is 2.75. The molecule has 0 spiro atoms. The number of carbonyl (C=O) groups is 1. The number of carbonyl (C=O) groups excluding carboxylic acids is 1. The van der Waals surface area contributed by atoms with Gasteiger partial charge in [-0.25, -0.2) is 0 Å². The fraction of sp³-hybridized carbons (Fsp3) is 0.278. The van der Waals surface area contributed by atoms with Crippen LogP contribution in [0.15, 0.2) is 47.4 Å². The van der Waals surface area contributed by atoms with Crippen LogP contribution in [0.3, 0.4) is 0 Å². The Bertz CT molecular complexity index is 743. The van der Waals surface area contributed by atoms with Gasteiger partial charge in [0.05, 0.1) is 0 Å². The highest BCUT2D eigenvalue weighted by molar-refractivity contribution is 7.79. The van der Waals surface area contributed by atoms with Gasteiger partial charge in [0.15, 0.2) is 6.10 Å². The number of ether oxygens (including phenoxy) is 1. The third kappa shape index (κ3) is 4.66. The summed E-state index contributed by atoms with van der Waals surface area (Å²) >= 11 is -2.28. The Morgan fingerprint density at radius 2 is 1.88 bits per heavy atom. The Morgan fingerprint density at radius 1 is 1.21 bits per heavy atom. The monoisotopic (exact) mass is 346 g/mol. The quantitative estimate of drug-likeness (QED) is 0.814. The summed E-state index contributed by atoms with van der Waals surface area (Å²) in [5.74, 6) is 0.410. The van der Waals surface area contributed by atoms with E-state index in [1.54, 1.807) is 12.1 Å². The Morgan fingerprint density at radius 3 is 2.42 bits per heavy atom. The molecule has 0 heterocycles. The van der Waals surface area contributed by atoms with E-state index in [9.17, 15) is 13.6 Å². The first-order valence-electron chi connectivity index (χ1n) is 7.64. The molecule has 2 rings (SSSR count). The zero-order valence-electron chi connectivity index (χ0n) is 13.9. The van der Waals surface area contributed by atoms with Crippen LogP contribution < -0.4 is 10.1 Å². The van der Waals surface area contributed by atoms with Crippen molar-refractivity contribution in [1.82, 2.24) is 0 Å². The van der Waals surface area contributed by atoms with Crippen LogP contribution in [0.25, 0.3) is 0 Å². The van der Waals surface area contributed by atoms with Gasteiger partial charge in [-0.3, -0.25) is 9.00 Å². The van der Waals surface area contributed by atoms with E-state index in [2.05, 4.69) is 5.32 Å². The van der Waals surface area contributed by atoms with Crippen molar-refractivity contribution in [3.8, 4) is 5.75 Å². The lowest BCUT2D eigenvalue weighted by Crippen LogP contribution is -2.32. The van der Waals surface area contributed by atoms with Gasteiger partial charge in [-0.2, -0.15) is 0 Å². The van der Waals surface area contributed by atoms with Crippen LogP contribution in [0.1, 0.15) is 24.5 Å². The summed E-state index contributed by atoms with van der Waals surface area (Å²) in [6.45, 7) is 5.81.